The van der Waals surface area contributed by atoms with Crippen LogP contribution in [0.2, 0.25) is 0 Å². The van der Waals surface area contributed by atoms with Gasteiger partial charge in [-0.25, -0.2) is 9.59 Å². The molecule has 0 unspecified atom stereocenters. The molecule has 7 nitrogen and oxygen atoms in total. The molecular weight excluding hydrogens is 252 g/mol. The number of carboxylic acids is 1. The molecule has 1 rings (SSSR count). The Morgan fingerprint density at radius 2 is 1.89 bits per heavy atom. The first kappa shape index (κ1) is 14.9. The predicted octanol–water partition coefficient (Wildman–Crippen LogP) is 1.13. The van der Waals surface area contributed by atoms with Gasteiger partial charge in [0.05, 0.1) is 18.8 Å². The van der Waals surface area contributed by atoms with Crippen molar-refractivity contribution in [2.24, 2.45) is 0 Å². The minimum Gasteiger partial charge on any atom is -0.478 e. The maximum Gasteiger partial charge on any atom is 0.335 e. The van der Waals surface area contributed by atoms with Crippen LogP contribution in [0.1, 0.15) is 10.4 Å². The van der Waals surface area contributed by atoms with E-state index in [1.54, 1.807) is 7.11 Å². The van der Waals surface area contributed by atoms with Gasteiger partial charge in [0.1, 0.15) is 6.73 Å². The van der Waals surface area contributed by atoms with Crippen LogP contribution in [-0.2, 0) is 9.47 Å². The van der Waals surface area contributed by atoms with Gasteiger partial charge in [0.15, 0.2) is 0 Å². The van der Waals surface area contributed by atoms with Crippen molar-refractivity contribution in [1.29, 1.82) is 0 Å². The highest BCUT2D eigenvalue weighted by Gasteiger charge is 2.04. The number of anilines is 1. The Morgan fingerprint density at radius 1 is 1.21 bits per heavy atom. The van der Waals surface area contributed by atoms with Gasteiger partial charge in [-0.2, -0.15) is 0 Å². The first-order valence-electron chi connectivity index (χ1n) is 5.58. The summed E-state index contributed by atoms with van der Waals surface area (Å²) in [6.07, 6.45) is 0. The number of carbonyl (C=O) groups excluding carboxylic acids is 1. The Bertz CT molecular complexity index is 419. The second kappa shape index (κ2) is 8.06. The van der Waals surface area contributed by atoms with Gasteiger partial charge in [-0.1, -0.05) is 0 Å². The van der Waals surface area contributed by atoms with Crippen molar-refractivity contribution < 1.29 is 24.2 Å². The maximum absolute atomic E-state index is 11.4. The van der Waals surface area contributed by atoms with Gasteiger partial charge in [0, 0.05) is 12.8 Å². The fourth-order valence-electron chi connectivity index (χ4n) is 1.20. The molecule has 0 aliphatic rings. The quantitative estimate of drug-likeness (QED) is 0.508. The van der Waals surface area contributed by atoms with Crippen molar-refractivity contribution in [2.45, 2.75) is 0 Å². The Hall–Kier alpha value is -2.12. The highest BCUT2D eigenvalue weighted by Crippen LogP contribution is 2.09. The Morgan fingerprint density at radius 3 is 2.47 bits per heavy atom. The molecule has 0 aliphatic heterocycles. The molecule has 0 bridgehead atoms. The molecule has 0 atom stereocenters. The molecular formula is C12H16N2O5. The van der Waals surface area contributed by atoms with Gasteiger partial charge in [-0.05, 0) is 24.3 Å². The molecule has 1 aromatic carbocycles. The van der Waals surface area contributed by atoms with Gasteiger partial charge in [-0.15, -0.1) is 0 Å². The van der Waals surface area contributed by atoms with E-state index in [-0.39, 0.29) is 12.3 Å². The molecule has 2 amide bonds. The average molecular weight is 268 g/mol. The Labute approximate surface area is 110 Å². The fourth-order valence-corrected chi connectivity index (χ4v) is 1.20. The summed E-state index contributed by atoms with van der Waals surface area (Å²) >= 11 is 0. The van der Waals surface area contributed by atoms with Crippen molar-refractivity contribution in [3.63, 3.8) is 0 Å². The number of hydrogen-bond donors (Lipinski definition) is 3. The average Bonchev–Trinajstić information content (AvgIpc) is 2.39. The number of carbonyl (C=O) groups is 2. The van der Waals surface area contributed by atoms with Crippen LogP contribution in [0.15, 0.2) is 24.3 Å². The minimum absolute atomic E-state index is 0.0718. The number of nitrogens with one attached hydrogen (secondary N) is 2. The topological polar surface area (TPSA) is 96.9 Å². The van der Waals surface area contributed by atoms with Crippen LogP contribution in [0, 0.1) is 0 Å². The number of carboxylic acid groups (broad SMARTS) is 1. The first-order chi connectivity index (χ1) is 9.13. The van der Waals surface area contributed by atoms with Crippen molar-refractivity contribution in [3.05, 3.63) is 29.8 Å². The molecule has 19 heavy (non-hydrogen) atoms. The second-order valence-electron chi connectivity index (χ2n) is 3.56. The van der Waals surface area contributed by atoms with E-state index in [1.807, 2.05) is 0 Å². The number of aromatic carboxylic acids is 1. The lowest BCUT2D eigenvalue weighted by Crippen LogP contribution is -2.31. The van der Waals surface area contributed by atoms with Crippen molar-refractivity contribution in [2.75, 3.05) is 32.4 Å². The van der Waals surface area contributed by atoms with Gasteiger partial charge in [0.2, 0.25) is 0 Å². The number of amides is 2. The zero-order chi connectivity index (χ0) is 14.1. The van der Waals surface area contributed by atoms with Gasteiger partial charge in [0.25, 0.3) is 0 Å². The molecule has 7 heteroatoms. The third-order valence-electron chi connectivity index (χ3n) is 2.16. The number of rotatable bonds is 7. The lowest BCUT2D eigenvalue weighted by Gasteiger charge is -2.08. The van der Waals surface area contributed by atoms with E-state index in [9.17, 15) is 9.59 Å². The minimum atomic E-state index is -1.01. The van der Waals surface area contributed by atoms with E-state index in [4.69, 9.17) is 14.6 Å². The summed E-state index contributed by atoms with van der Waals surface area (Å²) in [4.78, 5) is 22.0. The number of hydrogen-bond acceptors (Lipinski definition) is 4. The van der Waals surface area contributed by atoms with Gasteiger partial charge >= 0.3 is 12.0 Å². The highest BCUT2D eigenvalue weighted by molar-refractivity contribution is 5.91. The van der Waals surface area contributed by atoms with Crippen molar-refractivity contribution in [3.8, 4) is 0 Å². The zero-order valence-electron chi connectivity index (χ0n) is 10.5. The highest BCUT2D eigenvalue weighted by atomic mass is 16.5. The van der Waals surface area contributed by atoms with Crippen LogP contribution in [0.25, 0.3) is 0 Å². The first-order valence-corrected chi connectivity index (χ1v) is 5.58. The van der Waals surface area contributed by atoms with Crippen LogP contribution >= 0.6 is 0 Å². The molecule has 0 saturated heterocycles. The molecule has 0 saturated carbocycles. The van der Waals surface area contributed by atoms with Crippen molar-refractivity contribution >= 4 is 17.7 Å². The van der Waals surface area contributed by atoms with Crippen LogP contribution in [0.3, 0.4) is 0 Å². The molecule has 104 valence electrons. The van der Waals surface area contributed by atoms with E-state index < -0.39 is 12.0 Å². The van der Waals surface area contributed by atoms with E-state index in [0.29, 0.717) is 18.9 Å². The van der Waals surface area contributed by atoms with E-state index in [2.05, 4.69) is 10.6 Å². The van der Waals surface area contributed by atoms with Crippen LogP contribution in [-0.4, -0.2) is 44.2 Å². The number of benzene rings is 1. The number of methoxy groups -OCH3 is 1. The molecule has 0 aliphatic carbocycles. The third kappa shape index (κ3) is 5.84. The van der Waals surface area contributed by atoms with Crippen LogP contribution in [0.4, 0.5) is 10.5 Å². The molecule has 0 aromatic heterocycles. The molecule has 3 N–H and O–H groups in total. The van der Waals surface area contributed by atoms with E-state index >= 15 is 0 Å². The van der Waals surface area contributed by atoms with Crippen LogP contribution < -0.4 is 10.6 Å². The standard InChI is InChI=1S/C12H16N2O5/c1-18-6-7-19-8-13-12(17)14-10-4-2-9(3-5-10)11(15)16/h2-5H,6-8H2,1H3,(H,15,16)(H2,13,14,17). The molecule has 0 radical (unpaired) electrons. The second-order valence-corrected chi connectivity index (χ2v) is 3.56. The summed E-state index contributed by atoms with van der Waals surface area (Å²) in [6.45, 7) is 0.923. The maximum atomic E-state index is 11.4. The summed E-state index contributed by atoms with van der Waals surface area (Å²) in [5.41, 5.74) is 0.660. The molecule has 0 fully saturated rings. The third-order valence-corrected chi connectivity index (χ3v) is 2.16. The number of urea groups is 1. The monoisotopic (exact) mass is 268 g/mol. The molecule has 0 spiro atoms. The van der Waals surface area contributed by atoms with Crippen molar-refractivity contribution in [1.82, 2.24) is 5.32 Å². The smallest absolute Gasteiger partial charge is 0.335 e. The SMILES string of the molecule is COCCOCNC(=O)Nc1ccc(C(=O)O)cc1. The summed E-state index contributed by atoms with van der Waals surface area (Å²) in [7, 11) is 1.56. The lowest BCUT2D eigenvalue weighted by molar-refractivity contribution is 0.0650. The lowest BCUT2D eigenvalue weighted by atomic mass is 10.2. The molecule has 1 aromatic rings. The molecule has 0 heterocycles. The summed E-state index contributed by atoms with van der Waals surface area (Å²) in [6, 6.07) is 5.41. The van der Waals surface area contributed by atoms with E-state index in [1.165, 1.54) is 24.3 Å². The largest absolute Gasteiger partial charge is 0.478 e. The van der Waals surface area contributed by atoms with Gasteiger partial charge < -0.3 is 25.2 Å². The van der Waals surface area contributed by atoms with E-state index in [0.717, 1.165) is 0 Å². The fraction of sp³-hybridized carbons (Fsp3) is 0.333. The Kier molecular flexibility index (Phi) is 6.34. The summed E-state index contributed by atoms with van der Waals surface area (Å²) in [5, 5.41) is 13.7. The van der Waals surface area contributed by atoms with Gasteiger partial charge in [-0.3, -0.25) is 0 Å². The normalized spacial score (nSPS) is 9.95. The summed E-state index contributed by atoms with van der Waals surface area (Å²) < 4.78 is 9.83. The Balaban J connectivity index is 2.30. The summed E-state index contributed by atoms with van der Waals surface area (Å²) in [5.74, 6) is -1.01. The zero-order valence-corrected chi connectivity index (χ0v) is 10.5. The van der Waals surface area contributed by atoms with Crippen LogP contribution in [0.5, 0.6) is 0 Å². The number of ether oxygens (including phenoxy) is 2. The predicted molar refractivity (Wildman–Crippen MR) is 68.3 cm³/mol.